The number of carbonyl (C=O) groups excluding carboxylic acids is 1. The van der Waals surface area contributed by atoms with Crippen LogP contribution in [-0.4, -0.2) is 49.9 Å². The number of rotatable bonds is 15. The standard InChI is InChI=1S/C23H38N2O5.C2H6/c1-6-7-10-30-20-14-18(21(26)27)13-19(15-20)24-8-11-29-12-9-25-22(28)23(4,5)16-17(2)3;1-2/h13-15,17,24H,6-12,16H2,1-5H3,(H,25,28)(H,26,27);1-2H3. The molecule has 0 radical (unpaired) electrons. The van der Waals surface area contributed by atoms with Crippen LogP contribution in [0.5, 0.6) is 5.75 Å². The number of anilines is 1. The van der Waals surface area contributed by atoms with Crippen LogP contribution in [0.2, 0.25) is 0 Å². The molecule has 0 saturated carbocycles. The number of amides is 1. The van der Waals surface area contributed by atoms with Crippen LogP contribution in [0.4, 0.5) is 5.69 Å². The van der Waals surface area contributed by atoms with Gasteiger partial charge in [-0.2, -0.15) is 0 Å². The summed E-state index contributed by atoms with van der Waals surface area (Å²) in [6.45, 7) is 16.6. The molecule has 0 unspecified atom stereocenters. The van der Waals surface area contributed by atoms with E-state index in [0.29, 0.717) is 50.3 Å². The van der Waals surface area contributed by atoms with Gasteiger partial charge in [0.15, 0.2) is 0 Å². The number of hydrogen-bond acceptors (Lipinski definition) is 5. The highest BCUT2D eigenvalue weighted by atomic mass is 16.5. The van der Waals surface area contributed by atoms with E-state index in [4.69, 9.17) is 9.47 Å². The first-order chi connectivity index (χ1) is 15.2. The number of ether oxygens (including phenoxy) is 2. The second-order valence-electron chi connectivity index (χ2n) is 8.53. The first-order valence-corrected chi connectivity index (χ1v) is 11.8. The second kappa shape index (κ2) is 16.4. The SMILES string of the molecule is CC.CCCCOc1cc(NCCOCCNC(=O)C(C)(C)CC(C)C)cc(C(=O)O)c1. The number of unbranched alkanes of at least 4 members (excludes halogenated alkanes) is 1. The highest BCUT2D eigenvalue weighted by Gasteiger charge is 2.27. The number of carbonyl (C=O) groups is 2. The summed E-state index contributed by atoms with van der Waals surface area (Å²) in [4.78, 5) is 23.6. The normalized spacial score (nSPS) is 10.9. The van der Waals surface area contributed by atoms with E-state index in [2.05, 4.69) is 31.4 Å². The van der Waals surface area contributed by atoms with E-state index in [1.807, 2.05) is 27.7 Å². The molecular weight excluding hydrogens is 408 g/mol. The number of carboxylic acid groups (broad SMARTS) is 1. The van der Waals surface area contributed by atoms with Crippen LogP contribution in [0, 0.1) is 11.3 Å². The first kappa shape index (κ1) is 29.7. The summed E-state index contributed by atoms with van der Waals surface area (Å²) >= 11 is 0. The molecule has 32 heavy (non-hydrogen) atoms. The van der Waals surface area contributed by atoms with Crippen molar-refractivity contribution in [2.75, 3.05) is 38.2 Å². The van der Waals surface area contributed by atoms with Crippen molar-refractivity contribution >= 4 is 17.6 Å². The quantitative estimate of drug-likeness (QED) is 0.316. The number of nitrogens with one attached hydrogen (secondary N) is 2. The Kier molecular flexibility index (Phi) is 15.2. The molecule has 0 fully saturated rings. The molecule has 0 aliphatic heterocycles. The van der Waals surface area contributed by atoms with Crippen LogP contribution < -0.4 is 15.4 Å². The third kappa shape index (κ3) is 12.5. The fourth-order valence-electron chi connectivity index (χ4n) is 3.20. The molecule has 0 bridgehead atoms. The highest BCUT2D eigenvalue weighted by molar-refractivity contribution is 5.89. The lowest BCUT2D eigenvalue weighted by Gasteiger charge is -2.25. The summed E-state index contributed by atoms with van der Waals surface area (Å²) in [5.41, 5.74) is 0.467. The van der Waals surface area contributed by atoms with Crippen molar-refractivity contribution in [1.82, 2.24) is 5.32 Å². The maximum atomic E-state index is 12.2. The Morgan fingerprint density at radius 1 is 1.06 bits per heavy atom. The molecule has 1 amide bonds. The highest BCUT2D eigenvalue weighted by Crippen LogP contribution is 2.25. The van der Waals surface area contributed by atoms with Crippen molar-refractivity contribution in [1.29, 1.82) is 0 Å². The Morgan fingerprint density at radius 2 is 1.72 bits per heavy atom. The topological polar surface area (TPSA) is 96.9 Å². The van der Waals surface area contributed by atoms with Gasteiger partial charge in [0.05, 0.1) is 25.4 Å². The zero-order valence-electron chi connectivity index (χ0n) is 21.0. The van der Waals surface area contributed by atoms with E-state index in [1.165, 1.54) is 6.07 Å². The molecule has 0 aliphatic rings. The Hall–Kier alpha value is -2.28. The van der Waals surface area contributed by atoms with Gasteiger partial charge in [-0.15, -0.1) is 0 Å². The summed E-state index contributed by atoms with van der Waals surface area (Å²) in [5.74, 6) is 0.0501. The van der Waals surface area contributed by atoms with Gasteiger partial charge in [0.2, 0.25) is 5.91 Å². The van der Waals surface area contributed by atoms with Gasteiger partial charge < -0.3 is 25.2 Å². The van der Waals surface area contributed by atoms with Crippen LogP contribution >= 0.6 is 0 Å². The Labute approximate surface area is 194 Å². The largest absolute Gasteiger partial charge is 0.493 e. The van der Waals surface area contributed by atoms with E-state index < -0.39 is 5.97 Å². The predicted octanol–water partition coefficient (Wildman–Crippen LogP) is 5.21. The molecule has 1 aromatic rings. The fourth-order valence-corrected chi connectivity index (χ4v) is 3.20. The molecule has 184 valence electrons. The average Bonchev–Trinajstić information content (AvgIpc) is 2.73. The minimum Gasteiger partial charge on any atom is -0.493 e. The summed E-state index contributed by atoms with van der Waals surface area (Å²) in [5, 5.41) is 15.4. The zero-order valence-corrected chi connectivity index (χ0v) is 21.0. The molecular formula is C25H44N2O5. The molecule has 0 heterocycles. The molecule has 0 aliphatic carbocycles. The lowest BCUT2D eigenvalue weighted by molar-refractivity contribution is -0.130. The minimum atomic E-state index is -0.994. The molecule has 1 rings (SSSR count). The maximum absolute atomic E-state index is 12.2. The smallest absolute Gasteiger partial charge is 0.335 e. The van der Waals surface area contributed by atoms with E-state index in [9.17, 15) is 14.7 Å². The maximum Gasteiger partial charge on any atom is 0.335 e. The number of hydrogen-bond donors (Lipinski definition) is 3. The van der Waals surface area contributed by atoms with Crippen molar-refractivity contribution < 1.29 is 24.2 Å². The first-order valence-electron chi connectivity index (χ1n) is 11.8. The van der Waals surface area contributed by atoms with Crippen molar-refractivity contribution in [3.8, 4) is 5.75 Å². The van der Waals surface area contributed by atoms with Crippen LogP contribution in [0.3, 0.4) is 0 Å². The third-order valence-electron chi connectivity index (χ3n) is 4.56. The Balaban J connectivity index is 0.00000466. The Morgan fingerprint density at radius 3 is 2.31 bits per heavy atom. The molecule has 7 nitrogen and oxygen atoms in total. The van der Waals surface area contributed by atoms with Crippen LogP contribution in [0.15, 0.2) is 18.2 Å². The fraction of sp³-hybridized carbons (Fsp3) is 0.680. The van der Waals surface area contributed by atoms with Crippen molar-refractivity contribution in [2.24, 2.45) is 11.3 Å². The van der Waals surface area contributed by atoms with E-state index in [0.717, 1.165) is 19.3 Å². The number of aromatic carboxylic acids is 1. The van der Waals surface area contributed by atoms with E-state index >= 15 is 0 Å². The summed E-state index contributed by atoms with van der Waals surface area (Å²) in [6.07, 6.45) is 2.76. The molecule has 0 aromatic heterocycles. The summed E-state index contributed by atoms with van der Waals surface area (Å²) in [7, 11) is 0. The van der Waals surface area contributed by atoms with Crippen molar-refractivity contribution in [3.05, 3.63) is 23.8 Å². The van der Waals surface area contributed by atoms with E-state index in [-0.39, 0.29) is 16.9 Å². The third-order valence-corrected chi connectivity index (χ3v) is 4.56. The van der Waals surface area contributed by atoms with Crippen molar-refractivity contribution in [3.63, 3.8) is 0 Å². The summed E-state index contributed by atoms with van der Waals surface area (Å²) < 4.78 is 11.2. The molecule has 0 saturated heterocycles. The molecule has 7 heteroatoms. The van der Waals surface area contributed by atoms with Crippen LogP contribution in [0.1, 0.15) is 78.1 Å². The average molecular weight is 453 g/mol. The lowest BCUT2D eigenvalue weighted by Crippen LogP contribution is -2.39. The van der Waals surface area contributed by atoms with Crippen LogP contribution in [0.25, 0.3) is 0 Å². The van der Waals surface area contributed by atoms with Gasteiger partial charge in [-0.05, 0) is 30.9 Å². The van der Waals surface area contributed by atoms with Gasteiger partial charge in [0.1, 0.15) is 5.75 Å². The van der Waals surface area contributed by atoms with Gasteiger partial charge in [-0.25, -0.2) is 4.79 Å². The van der Waals surface area contributed by atoms with Gasteiger partial charge >= 0.3 is 5.97 Å². The van der Waals surface area contributed by atoms with Gasteiger partial charge in [-0.1, -0.05) is 54.9 Å². The monoisotopic (exact) mass is 452 g/mol. The lowest BCUT2D eigenvalue weighted by atomic mass is 9.83. The number of benzene rings is 1. The molecule has 0 atom stereocenters. The minimum absolute atomic E-state index is 0.0408. The molecule has 3 N–H and O–H groups in total. The number of carboxylic acids is 1. The van der Waals surface area contributed by atoms with Gasteiger partial charge in [0, 0.05) is 30.3 Å². The second-order valence-corrected chi connectivity index (χ2v) is 8.53. The zero-order chi connectivity index (χ0) is 24.6. The molecule has 1 aromatic carbocycles. The van der Waals surface area contributed by atoms with Crippen LogP contribution in [-0.2, 0) is 9.53 Å². The Bertz CT molecular complexity index is 674. The van der Waals surface area contributed by atoms with E-state index in [1.54, 1.807) is 12.1 Å². The van der Waals surface area contributed by atoms with Gasteiger partial charge in [-0.3, -0.25) is 4.79 Å². The summed E-state index contributed by atoms with van der Waals surface area (Å²) in [6, 6.07) is 4.90. The molecule has 0 spiro atoms. The predicted molar refractivity (Wildman–Crippen MR) is 131 cm³/mol. The van der Waals surface area contributed by atoms with Crippen molar-refractivity contribution in [2.45, 2.75) is 67.7 Å². The van der Waals surface area contributed by atoms with Gasteiger partial charge in [0.25, 0.3) is 0 Å².